The zero-order chi connectivity index (χ0) is 21.5. The van der Waals surface area contributed by atoms with E-state index in [9.17, 15) is 4.79 Å². The maximum absolute atomic E-state index is 12.8. The average Bonchev–Trinajstić information content (AvgIpc) is 2.71. The van der Waals surface area contributed by atoms with Crippen molar-refractivity contribution in [3.63, 3.8) is 0 Å². The minimum atomic E-state index is -1.78. The molecule has 0 N–H and O–H groups in total. The maximum atomic E-state index is 12.8. The van der Waals surface area contributed by atoms with Crippen molar-refractivity contribution in [1.82, 2.24) is 4.57 Å². The van der Waals surface area contributed by atoms with Crippen molar-refractivity contribution in [2.24, 2.45) is 0 Å². The van der Waals surface area contributed by atoms with Gasteiger partial charge < -0.3 is 23.5 Å². The van der Waals surface area contributed by atoms with Gasteiger partial charge >= 0.3 is 0 Å². The molecule has 1 aromatic carbocycles. The minimum Gasteiger partial charge on any atom is -0.494 e. The second kappa shape index (κ2) is 7.74. The number of fused-ring (bicyclic) bond motifs is 3. The fourth-order valence-electron chi connectivity index (χ4n) is 3.57. The highest BCUT2D eigenvalue weighted by molar-refractivity contribution is 5.70. The normalized spacial score (nSPS) is 20.7. The van der Waals surface area contributed by atoms with E-state index >= 15 is 0 Å². The molecule has 1 atom stereocenters. The molecule has 2 aliphatic rings. The molecule has 144 valence electrons. The summed E-state index contributed by atoms with van der Waals surface area (Å²) in [5, 5.41) is 0. The molecule has 2 aromatic rings. The van der Waals surface area contributed by atoms with Crippen LogP contribution in [-0.2, 0) is 22.4 Å². The summed E-state index contributed by atoms with van der Waals surface area (Å²) in [7, 11) is 0. The zero-order valence-electron chi connectivity index (χ0n) is 18.5. The van der Waals surface area contributed by atoms with Gasteiger partial charge in [-0.05, 0) is 44.0 Å². The first-order chi connectivity index (χ1) is 14.2. The van der Waals surface area contributed by atoms with E-state index in [-0.39, 0.29) is 30.1 Å². The highest BCUT2D eigenvalue weighted by Crippen LogP contribution is 2.35. The average molecular weight is 374 g/mol. The molecule has 27 heavy (non-hydrogen) atoms. The Morgan fingerprint density at radius 3 is 3.04 bits per heavy atom. The molecule has 0 amide bonds. The van der Waals surface area contributed by atoms with Crippen LogP contribution in [0.5, 0.6) is 11.6 Å². The Morgan fingerprint density at radius 2 is 2.26 bits per heavy atom. The molecule has 4 rings (SSSR count). The Bertz CT molecular complexity index is 1010. The molecule has 6 nitrogen and oxygen atoms in total. The Labute approximate surface area is 162 Å². The second-order valence-electron chi connectivity index (χ2n) is 6.64. The van der Waals surface area contributed by atoms with Crippen LogP contribution in [0.4, 0.5) is 0 Å². The van der Waals surface area contributed by atoms with Gasteiger partial charge in [-0.1, -0.05) is 0 Å². The van der Waals surface area contributed by atoms with Gasteiger partial charge in [0.1, 0.15) is 18.5 Å². The first-order valence-electron chi connectivity index (χ1n) is 10.6. The van der Waals surface area contributed by atoms with Crippen LogP contribution < -0.4 is 14.9 Å². The highest BCUT2D eigenvalue weighted by Gasteiger charge is 2.23. The number of hydrogen-bond acceptors (Lipinski definition) is 5. The number of ether oxygens (including phenoxy) is 4. The zero-order valence-corrected chi connectivity index (χ0v) is 15.5. The standard InChI is InChI=1S/C21H25NO5/c1-3-25-16-4-5-18-15(10-16)6-7-22-20(11-19(23)14(2)21(18)22)27-13-17-12-24-8-9-26-17/h4-5,10-11,17H,3,6-9,12-13H2,1-2H3/t17-/m0/s1/i3D2,11D. The smallest absolute Gasteiger partial charge is 0.197 e. The molecular formula is C21H25NO5. The fraction of sp³-hybridized carbons (Fsp3) is 0.476. The van der Waals surface area contributed by atoms with Gasteiger partial charge in [0.25, 0.3) is 0 Å². The number of nitrogens with zero attached hydrogens (tertiary/aromatic N) is 1. The van der Waals surface area contributed by atoms with E-state index in [1.54, 1.807) is 13.0 Å². The van der Waals surface area contributed by atoms with Gasteiger partial charge in [-0.15, -0.1) is 0 Å². The van der Waals surface area contributed by atoms with Gasteiger partial charge in [-0.3, -0.25) is 4.79 Å². The third-order valence-corrected chi connectivity index (χ3v) is 4.88. The largest absolute Gasteiger partial charge is 0.494 e. The van der Waals surface area contributed by atoms with E-state index in [1.165, 1.54) is 6.92 Å². The topological polar surface area (TPSA) is 58.9 Å². The fourth-order valence-corrected chi connectivity index (χ4v) is 3.57. The maximum Gasteiger partial charge on any atom is 0.197 e. The molecule has 1 aromatic heterocycles. The van der Waals surface area contributed by atoms with Crippen molar-refractivity contribution in [2.45, 2.75) is 32.9 Å². The molecule has 0 bridgehead atoms. The summed E-state index contributed by atoms with van der Waals surface area (Å²) >= 11 is 0. The quantitative estimate of drug-likeness (QED) is 0.805. The lowest BCUT2D eigenvalue weighted by atomic mass is 9.94. The number of pyridine rings is 1. The predicted molar refractivity (Wildman–Crippen MR) is 102 cm³/mol. The number of hydrogen-bond donors (Lipinski definition) is 0. The van der Waals surface area contributed by atoms with Crippen LogP contribution in [0.2, 0.25) is 0 Å². The summed E-state index contributed by atoms with van der Waals surface area (Å²) in [5.74, 6) is 0.684. The van der Waals surface area contributed by atoms with Crippen LogP contribution >= 0.6 is 0 Å². The van der Waals surface area contributed by atoms with E-state index in [0.717, 1.165) is 16.8 Å². The molecule has 1 saturated heterocycles. The van der Waals surface area contributed by atoms with Crippen molar-refractivity contribution in [2.75, 3.05) is 33.0 Å². The Balaban J connectivity index is 1.71. The summed E-state index contributed by atoms with van der Waals surface area (Å²) in [4.78, 5) is 12.8. The SMILES string of the molecule is [2H]c1c(OC[C@@H]2COCCO2)n2c(c(C)c1=O)-c1ccc(OC([2H])([2H])C)cc1CC2. The number of aromatic nitrogens is 1. The Morgan fingerprint density at radius 1 is 1.37 bits per heavy atom. The van der Waals surface area contributed by atoms with Crippen LogP contribution in [0.25, 0.3) is 11.3 Å². The number of benzene rings is 1. The molecule has 1 fully saturated rings. The van der Waals surface area contributed by atoms with E-state index < -0.39 is 6.56 Å². The first kappa shape index (κ1) is 14.7. The minimum absolute atomic E-state index is 0.157. The predicted octanol–water partition coefficient (Wildman–Crippen LogP) is 2.57. The Hall–Kier alpha value is -2.31. The van der Waals surface area contributed by atoms with Gasteiger partial charge in [0.05, 0.1) is 36.2 Å². The summed E-state index contributed by atoms with van der Waals surface area (Å²) in [5.41, 5.74) is 2.67. The van der Waals surface area contributed by atoms with E-state index in [1.807, 2.05) is 16.7 Å². The van der Waals surface area contributed by atoms with Crippen molar-refractivity contribution in [1.29, 1.82) is 0 Å². The summed E-state index contributed by atoms with van der Waals surface area (Å²) in [6, 6.07) is 5.18. The summed E-state index contributed by atoms with van der Waals surface area (Å²) in [6.07, 6.45) is 0.415. The van der Waals surface area contributed by atoms with Crippen molar-refractivity contribution >= 4 is 0 Å². The lowest BCUT2D eigenvalue weighted by Gasteiger charge is -2.28. The van der Waals surface area contributed by atoms with Crippen LogP contribution in [0.3, 0.4) is 0 Å². The van der Waals surface area contributed by atoms with Gasteiger partial charge in [-0.25, -0.2) is 0 Å². The number of rotatable bonds is 5. The first-order valence-corrected chi connectivity index (χ1v) is 9.13. The summed E-state index contributed by atoms with van der Waals surface area (Å²) in [6.45, 7) is 3.52. The van der Waals surface area contributed by atoms with Crippen molar-refractivity contribution < 1.29 is 23.1 Å². The van der Waals surface area contributed by atoms with Crippen LogP contribution in [0, 0.1) is 6.92 Å². The lowest BCUT2D eigenvalue weighted by Crippen LogP contribution is -2.34. The van der Waals surface area contributed by atoms with E-state index in [2.05, 4.69) is 0 Å². The van der Waals surface area contributed by atoms with Crippen molar-refractivity contribution in [3.8, 4) is 22.9 Å². The molecule has 6 heteroatoms. The molecule has 2 aliphatic heterocycles. The van der Waals surface area contributed by atoms with Crippen LogP contribution in [0.15, 0.2) is 29.0 Å². The van der Waals surface area contributed by atoms with Gasteiger partial charge in [0.2, 0.25) is 0 Å². The molecule has 0 spiro atoms. The molecule has 0 saturated carbocycles. The van der Waals surface area contributed by atoms with Crippen LogP contribution in [-0.4, -0.2) is 43.7 Å². The van der Waals surface area contributed by atoms with Crippen molar-refractivity contribution in [3.05, 3.63) is 45.6 Å². The van der Waals surface area contributed by atoms with Crippen LogP contribution in [0.1, 0.15) is 22.2 Å². The second-order valence-corrected chi connectivity index (χ2v) is 6.64. The molecule has 0 unspecified atom stereocenters. The van der Waals surface area contributed by atoms with E-state index in [4.69, 9.17) is 23.1 Å². The molecular weight excluding hydrogens is 346 g/mol. The Kier molecular flexibility index (Phi) is 4.22. The summed E-state index contributed by atoms with van der Waals surface area (Å²) < 4.78 is 47.7. The lowest BCUT2D eigenvalue weighted by molar-refractivity contribution is -0.102. The molecule has 0 aliphatic carbocycles. The van der Waals surface area contributed by atoms with Gasteiger partial charge in [0.15, 0.2) is 11.3 Å². The van der Waals surface area contributed by atoms with Gasteiger partial charge in [-0.2, -0.15) is 0 Å². The third kappa shape index (κ3) is 3.59. The third-order valence-electron chi connectivity index (χ3n) is 4.88. The highest BCUT2D eigenvalue weighted by atomic mass is 16.6. The molecule has 3 heterocycles. The van der Waals surface area contributed by atoms with Gasteiger partial charge in [0, 0.05) is 23.7 Å². The molecule has 0 radical (unpaired) electrons. The number of aryl methyl sites for hydroxylation is 1. The van der Waals surface area contributed by atoms with E-state index in [0.29, 0.717) is 44.1 Å². The monoisotopic (exact) mass is 374 g/mol.